The Morgan fingerprint density at radius 1 is 1.29 bits per heavy atom. The molecule has 1 aromatic carbocycles. The number of hydrogen-bond acceptors (Lipinski definition) is 3. The molecule has 0 aliphatic heterocycles. The minimum absolute atomic E-state index is 0.547. The van der Waals surface area contributed by atoms with Crippen LogP contribution in [0, 0.1) is 6.92 Å². The summed E-state index contributed by atoms with van der Waals surface area (Å²) >= 11 is 5.90. The third kappa shape index (κ3) is 4.95. The van der Waals surface area contributed by atoms with Crippen LogP contribution in [0.2, 0.25) is 0 Å². The topological polar surface area (TPSA) is 41.6 Å². The van der Waals surface area contributed by atoms with Gasteiger partial charge in [0, 0.05) is 11.8 Å². The van der Waals surface area contributed by atoms with Crippen LogP contribution in [0.3, 0.4) is 0 Å². The molecule has 0 spiro atoms. The molecule has 0 aromatic heterocycles. The van der Waals surface area contributed by atoms with E-state index in [4.69, 9.17) is 16.5 Å². The molecular formula is C12H17ClN2O2. The van der Waals surface area contributed by atoms with Crippen LogP contribution >= 0.6 is 11.8 Å². The predicted molar refractivity (Wildman–Crippen MR) is 68.9 cm³/mol. The van der Waals surface area contributed by atoms with Gasteiger partial charge >= 0.3 is 6.09 Å². The summed E-state index contributed by atoms with van der Waals surface area (Å²) in [5, 5.41) is 0. The second-order valence-electron chi connectivity index (χ2n) is 4.73. The number of ether oxygens (including phenoxy) is 1. The number of amides is 1. The number of hydrogen-bond donors (Lipinski definition) is 1. The Morgan fingerprint density at radius 2 is 1.82 bits per heavy atom. The highest BCUT2D eigenvalue weighted by atomic mass is 35.5. The highest BCUT2D eigenvalue weighted by Crippen LogP contribution is 2.15. The molecule has 0 aliphatic carbocycles. The third-order valence-corrected chi connectivity index (χ3v) is 2.13. The van der Waals surface area contributed by atoms with Crippen molar-refractivity contribution >= 4 is 23.6 Å². The van der Waals surface area contributed by atoms with E-state index in [1.54, 1.807) is 32.9 Å². The standard InChI is InChI=1S/C12H17ClN2O2/c1-9-5-7-10(8-6-9)15(13)14-11(16)17-12(2,3)4/h5-8H,1-4H3,(H,14,16). The smallest absolute Gasteiger partial charge is 0.427 e. The Labute approximate surface area is 107 Å². The molecule has 1 rings (SSSR count). The molecule has 1 aromatic rings. The lowest BCUT2D eigenvalue weighted by Crippen LogP contribution is -2.39. The van der Waals surface area contributed by atoms with E-state index < -0.39 is 11.7 Å². The zero-order valence-electron chi connectivity index (χ0n) is 10.5. The number of hydrazine groups is 1. The number of carbonyl (C=O) groups is 1. The molecule has 0 unspecified atom stereocenters. The Bertz CT molecular complexity index is 384. The Morgan fingerprint density at radius 3 is 2.29 bits per heavy atom. The average Bonchev–Trinajstić information content (AvgIpc) is 2.15. The van der Waals surface area contributed by atoms with Gasteiger partial charge in [-0.15, -0.1) is 0 Å². The molecule has 5 heteroatoms. The lowest BCUT2D eigenvalue weighted by atomic mass is 10.2. The second kappa shape index (κ2) is 5.27. The van der Waals surface area contributed by atoms with E-state index in [-0.39, 0.29) is 0 Å². The molecule has 1 amide bonds. The third-order valence-electron chi connectivity index (χ3n) is 1.85. The number of nitrogens with zero attached hydrogens (tertiary/aromatic N) is 1. The van der Waals surface area contributed by atoms with Crippen molar-refractivity contribution in [2.75, 3.05) is 4.53 Å². The fourth-order valence-corrected chi connectivity index (χ4v) is 1.30. The largest absolute Gasteiger partial charge is 0.443 e. The van der Waals surface area contributed by atoms with E-state index in [1.807, 2.05) is 19.1 Å². The van der Waals surface area contributed by atoms with Gasteiger partial charge in [0.1, 0.15) is 5.60 Å². The van der Waals surface area contributed by atoms with Crippen molar-refractivity contribution < 1.29 is 9.53 Å². The molecule has 0 atom stereocenters. The first-order valence-corrected chi connectivity index (χ1v) is 5.64. The minimum atomic E-state index is -0.590. The van der Waals surface area contributed by atoms with Crippen LogP contribution in [0.4, 0.5) is 10.5 Å². The van der Waals surface area contributed by atoms with Gasteiger partial charge in [-0.25, -0.2) is 10.2 Å². The van der Waals surface area contributed by atoms with Gasteiger partial charge in [-0.3, -0.25) is 0 Å². The van der Waals surface area contributed by atoms with Crippen molar-refractivity contribution in [1.82, 2.24) is 5.43 Å². The van der Waals surface area contributed by atoms with Crippen LogP contribution in [0.1, 0.15) is 26.3 Å². The van der Waals surface area contributed by atoms with Crippen molar-refractivity contribution in [3.8, 4) is 0 Å². The fourth-order valence-electron chi connectivity index (χ4n) is 1.12. The van der Waals surface area contributed by atoms with E-state index in [9.17, 15) is 4.79 Å². The van der Waals surface area contributed by atoms with Crippen LogP contribution in [0.25, 0.3) is 0 Å². The molecule has 0 saturated carbocycles. The van der Waals surface area contributed by atoms with E-state index in [0.717, 1.165) is 10.1 Å². The molecule has 0 bridgehead atoms. The molecule has 0 radical (unpaired) electrons. The SMILES string of the molecule is Cc1ccc(N(Cl)NC(=O)OC(C)(C)C)cc1. The summed E-state index contributed by atoms with van der Waals surface area (Å²) in [6.07, 6.45) is -0.590. The molecule has 1 N–H and O–H groups in total. The predicted octanol–water partition coefficient (Wildman–Crippen LogP) is 3.39. The molecule has 0 aliphatic rings. The molecule has 0 saturated heterocycles. The number of rotatable bonds is 2. The van der Waals surface area contributed by atoms with E-state index in [0.29, 0.717) is 5.69 Å². The zero-order chi connectivity index (χ0) is 13.1. The fraction of sp³-hybridized carbons (Fsp3) is 0.417. The van der Waals surface area contributed by atoms with E-state index in [2.05, 4.69) is 5.43 Å². The lowest BCUT2D eigenvalue weighted by molar-refractivity contribution is 0.0531. The van der Waals surface area contributed by atoms with Crippen molar-refractivity contribution in [2.24, 2.45) is 0 Å². The molecule has 94 valence electrons. The van der Waals surface area contributed by atoms with Crippen molar-refractivity contribution in [3.05, 3.63) is 29.8 Å². The Balaban J connectivity index is 2.57. The highest BCUT2D eigenvalue weighted by Gasteiger charge is 2.17. The number of carbonyl (C=O) groups excluding carboxylic acids is 1. The first-order valence-electron chi connectivity index (χ1n) is 5.30. The van der Waals surface area contributed by atoms with Crippen LogP contribution in [0.15, 0.2) is 24.3 Å². The maximum absolute atomic E-state index is 11.4. The number of anilines is 1. The van der Waals surface area contributed by atoms with E-state index in [1.165, 1.54) is 0 Å². The summed E-state index contributed by atoms with van der Waals surface area (Å²) in [7, 11) is 0. The van der Waals surface area contributed by atoms with Gasteiger partial charge in [0.15, 0.2) is 0 Å². The van der Waals surface area contributed by atoms with Gasteiger partial charge in [0.05, 0.1) is 5.69 Å². The van der Waals surface area contributed by atoms with Gasteiger partial charge in [0.25, 0.3) is 0 Å². The van der Waals surface area contributed by atoms with Crippen molar-refractivity contribution in [3.63, 3.8) is 0 Å². The first-order chi connectivity index (χ1) is 7.78. The number of aryl methyl sites for hydroxylation is 1. The summed E-state index contributed by atoms with van der Waals surface area (Å²) < 4.78 is 6.18. The maximum atomic E-state index is 11.4. The number of benzene rings is 1. The van der Waals surface area contributed by atoms with Crippen LogP contribution in [-0.4, -0.2) is 11.7 Å². The number of nitrogens with one attached hydrogen (secondary N) is 1. The quantitative estimate of drug-likeness (QED) is 0.651. The first kappa shape index (κ1) is 13.6. The summed E-state index contributed by atoms with van der Waals surface area (Å²) in [6, 6.07) is 7.42. The molecule has 0 fully saturated rings. The average molecular weight is 257 g/mol. The summed E-state index contributed by atoms with van der Waals surface area (Å²) in [6.45, 7) is 7.34. The Kier molecular flexibility index (Phi) is 4.23. The lowest BCUT2D eigenvalue weighted by Gasteiger charge is -2.22. The van der Waals surface area contributed by atoms with Gasteiger partial charge in [0.2, 0.25) is 0 Å². The summed E-state index contributed by atoms with van der Waals surface area (Å²) in [5.41, 5.74) is 3.65. The van der Waals surface area contributed by atoms with Gasteiger partial charge < -0.3 is 4.74 Å². The maximum Gasteiger partial charge on any atom is 0.427 e. The molecule has 17 heavy (non-hydrogen) atoms. The second-order valence-corrected chi connectivity index (χ2v) is 5.07. The van der Waals surface area contributed by atoms with Crippen LogP contribution < -0.4 is 9.95 Å². The Hall–Kier alpha value is -1.42. The number of halogens is 1. The van der Waals surface area contributed by atoms with Gasteiger partial charge in [-0.05, 0) is 39.8 Å². The molecule has 4 nitrogen and oxygen atoms in total. The van der Waals surface area contributed by atoms with Gasteiger partial charge in [-0.1, -0.05) is 17.7 Å². The summed E-state index contributed by atoms with van der Waals surface area (Å²) in [4.78, 5) is 11.4. The molecular weight excluding hydrogens is 240 g/mol. The van der Waals surface area contributed by atoms with Crippen molar-refractivity contribution in [2.45, 2.75) is 33.3 Å². The van der Waals surface area contributed by atoms with Crippen LogP contribution in [0.5, 0.6) is 0 Å². The minimum Gasteiger partial charge on any atom is -0.443 e. The summed E-state index contributed by atoms with van der Waals surface area (Å²) in [5.74, 6) is 0. The van der Waals surface area contributed by atoms with Gasteiger partial charge in [-0.2, -0.15) is 4.53 Å². The van der Waals surface area contributed by atoms with Crippen LogP contribution in [-0.2, 0) is 4.74 Å². The van der Waals surface area contributed by atoms with E-state index >= 15 is 0 Å². The zero-order valence-corrected chi connectivity index (χ0v) is 11.2. The van der Waals surface area contributed by atoms with Crippen molar-refractivity contribution in [1.29, 1.82) is 0 Å². The highest BCUT2D eigenvalue weighted by molar-refractivity contribution is 6.25. The normalized spacial score (nSPS) is 10.9. The molecule has 0 heterocycles. The monoisotopic (exact) mass is 256 g/mol.